The minimum atomic E-state index is 0.620. The summed E-state index contributed by atoms with van der Waals surface area (Å²) in [6, 6.07) is 4.18. The molecule has 90 valence electrons. The molecule has 2 rings (SSSR count). The second-order valence-electron chi connectivity index (χ2n) is 5.31. The molecule has 0 aliphatic carbocycles. The summed E-state index contributed by atoms with van der Waals surface area (Å²) < 4.78 is 0. The summed E-state index contributed by atoms with van der Waals surface area (Å²) in [5, 5.41) is 0. The molecule has 0 bridgehead atoms. The maximum Gasteiger partial charge on any atom is 0.0371 e. The smallest absolute Gasteiger partial charge is 0.0371 e. The lowest BCUT2D eigenvalue weighted by Gasteiger charge is -2.43. The zero-order valence-electron chi connectivity index (χ0n) is 11.0. The van der Waals surface area contributed by atoms with Gasteiger partial charge in [0, 0.05) is 36.4 Å². The number of hydrogen-bond donors (Lipinski definition) is 1. The summed E-state index contributed by atoms with van der Waals surface area (Å²) >= 11 is 0. The van der Waals surface area contributed by atoms with E-state index in [2.05, 4.69) is 49.8 Å². The van der Waals surface area contributed by atoms with E-state index in [0.29, 0.717) is 18.1 Å². The van der Waals surface area contributed by atoms with Gasteiger partial charge >= 0.3 is 0 Å². The highest BCUT2D eigenvalue weighted by Gasteiger charge is 2.33. The van der Waals surface area contributed by atoms with Gasteiger partial charge in [-0.15, -0.1) is 0 Å². The van der Waals surface area contributed by atoms with E-state index in [1.54, 1.807) is 0 Å². The zero-order valence-corrected chi connectivity index (χ0v) is 11.0. The Morgan fingerprint density at radius 1 is 1.50 bits per heavy atom. The van der Waals surface area contributed by atoms with E-state index in [-0.39, 0.29) is 0 Å². The minimum Gasteiger partial charge on any atom is -0.365 e. The molecule has 1 N–H and O–H groups in total. The third kappa shape index (κ3) is 1.91. The first-order valence-electron chi connectivity index (χ1n) is 6.58. The maximum absolute atomic E-state index is 3.41. The molecule has 0 amide bonds. The zero-order chi connectivity index (χ0) is 11.7. The molecule has 1 aliphatic rings. The molecule has 2 heterocycles. The van der Waals surface area contributed by atoms with Crippen LogP contribution in [-0.2, 0) is 6.42 Å². The molecule has 2 nitrogen and oxygen atoms in total. The van der Waals surface area contributed by atoms with Gasteiger partial charge in [0.25, 0.3) is 0 Å². The fourth-order valence-electron chi connectivity index (χ4n) is 3.22. The van der Waals surface area contributed by atoms with Crippen molar-refractivity contribution in [2.45, 2.75) is 65.1 Å². The highest BCUT2D eigenvalue weighted by Crippen LogP contribution is 2.36. The second kappa shape index (κ2) is 4.62. The monoisotopic (exact) mass is 220 g/mol. The van der Waals surface area contributed by atoms with Crippen LogP contribution in [0.1, 0.15) is 57.8 Å². The highest BCUT2D eigenvalue weighted by atomic mass is 15.2. The van der Waals surface area contributed by atoms with Gasteiger partial charge in [0.15, 0.2) is 0 Å². The molecular formula is C14H24N2. The molecule has 1 aromatic heterocycles. The van der Waals surface area contributed by atoms with Crippen molar-refractivity contribution in [1.82, 2.24) is 9.88 Å². The molecule has 0 radical (unpaired) electrons. The number of aromatic amines is 1. The van der Waals surface area contributed by atoms with Gasteiger partial charge in [-0.3, -0.25) is 4.90 Å². The molecular weight excluding hydrogens is 196 g/mol. The van der Waals surface area contributed by atoms with Crippen LogP contribution in [0.2, 0.25) is 0 Å². The molecule has 0 unspecified atom stereocenters. The Morgan fingerprint density at radius 2 is 2.25 bits per heavy atom. The normalized spacial score (nSPS) is 26.1. The van der Waals surface area contributed by atoms with E-state index < -0.39 is 0 Å². The average Bonchev–Trinajstić information content (AvgIpc) is 2.64. The molecule has 0 spiro atoms. The van der Waals surface area contributed by atoms with E-state index in [4.69, 9.17) is 0 Å². The highest BCUT2D eigenvalue weighted by molar-refractivity contribution is 5.28. The topological polar surface area (TPSA) is 19.0 Å². The Hall–Kier alpha value is -0.760. The number of rotatable bonds is 3. The van der Waals surface area contributed by atoms with Crippen molar-refractivity contribution in [1.29, 1.82) is 0 Å². The Labute approximate surface area is 99.0 Å². The SMILES string of the molecule is CCC[C@H]1c2cc[nH]c2C[C@@H](C)N1C(C)C. The van der Waals surface area contributed by atoms with Crippen LogP contribution < -0.4 is 0 Å². The van der Waals surface area contributed by atoms with Gasteiger partial charge < -0.3 is 4.98 Å². The van der Waals surface area contributed by atoms with Crippen molar-refractivity contribution in [3.05, 3.63) is 23.5 Å². The van der Waals surface area contributed by atoms with Crippen LogP contribution in [0.3, 0.4) is 0 Å². The summed E-state index contributed by atoms with van der Waals surface area (Å²) in [5.41, 5.74) is 3.00. The number of nitrogens with one attached hydrogen (secondary N) is 1. The quantitative estimate of drug-likeness (QED) is 0.826. The van der Waals surface area contributed by atoms with E-state index in [1.165, 1.54) is 30.5 Å². The second-order valence-corrected chi connectivity index (χ2v) is 5.31. The van der Waals surface area contributed by atoms with Crippen LogP contribution in [0, 0.1) is 0 Å². The first kappa shape index (κ1) is 11.7. The standard InChI is InChI=1S/C14H24N2/c1-5-6-14-12-7-8-15-13(12)9-11(4)16(14)10(2)3/h7-8,10-11,14-15H,5-6,9H2,1-4H3/t11-,14+/m1/s1. The largest absolute Gasteiger partial charge is 0.365 e. The average molecular weight is 220 g/mol. The lowest BCUT2D eigenvalue weighted by atomic mass is 9.90. The van der Waals surface area contributed by atoms with Crippen molar-refractivity contribution < 1.29 is 0 Å². The predicted octanol–water partition coefficient (Wildman–Crippen LogP) is 3.51. The van der Waals surface area contributed by atoms with Crippen LogP contribution in [0.25, 0.3) is 0 Å². The van der Waals surface area contributed by atoms with Gasteiger partial charge in [0.2, 0.25) is 0 Å². The first-order valence-corrected chi connectivity index (χ1v) is 6.58. The third-order valence-electron chi connectivity index (χ3n) is 3.75. The van der Waals surface area contributed by atoms with Crippen LogP contribution in [0.5, 0.6) is 0 Å². The molecule has 16 heavy (non-hydrogen) atoms. The summed E-state index contributed by atoms with van der Waals surface area (Å²) in [5.74, 6) is 0. The van der Waals surface area contributed by atoms with Gasteiger partial charge in [0.05, 0.1) is 0 Å². The van der Waals surface area contributed by atoms with Gasteiger partial charge in [-0.05, 0) is 38.8 Å². The lowest BCUT2D eigenvalue weighted by Crippen LogP contribution is -2.45. The van der Waals surface area contributed by atoms with Crippen molar-refractivity contribution in [3.8, 4) is 0 Å². The predicted molar refractivity (Wildman–Crippen MR) is 68.6 cm³/mol. The first-order chi connectivity index (χ1) is 7.65. The fourth-order valence-corrected chi connectivity index (χ4v) is 3.22. The number of hydrogen-bond acceptors (Lipinski definition) is 1. The number of H-pyrrole nitrogens is 1. The fraction of sp³-hybridized carbons (Fsp3) is 0.714. The van der Waals surface area contributed by atoms with Crippen molar-refractivity contribution in [2.24, 2.45) is 0 Å². The maximum atomic E-state index is 3.41. The number of aromatic nitrogens is 1. The van der Waals surface area contributed by atoms with Crippen LogP contribution in [0.15, 0.2) is 12.3 Å². The Kier molecular flexibility index (Phi) is 3.38. The van der Waals surface area contributed by atoms with E-state index in [9.17, 15) is 0 Å². The van der Waals surface area contributed by atoms with Gasteiger partial charge in [-0.25, -0.2) is 0 Å². The molecule has 2 heteroatoms. The third-order valence-corrected chi connectivity index (χ3v) is 3.75. The van der Waals surface area contributed by atoms with Crippen LogP contribution in [0.4, 0.5) is 0 Å². The number of nitrogens with zero attached hydrogens (tertiary/aromatic N) is 1. The van der Waals surface area contributed by atoms with Crippen LogP contribution in [-0.4, -0.2) is 22.0 Å². The summed E-state index contributed by atoms with van der Waals surface area (Å²) in [6.45, 7) is 9.27. The molecule has 1 aliphatic heterocycles. The minimum absolute atomic E-state index is 0.620. The van der Waals surface area contributed by atoms with Crippen LogP contribution >= 0.6 is 0 Å². The summed E-state index contributed by atoms with van der Waals surface area (Å²) in [4.78, 5) is 6.09. The van der Waals surface area contributed by atoms with Crippen molar-refractivity contribution in [2.75, 3.05) is 0 Å². The van der Waals surface area contributed by atoms with E-state index in [0.717, 1.165) is 0 Å². The molecule has 1 aromatic rings. The molecule has 0 saturated carbocycles. The Bertz CT molecular complexity index is 340. The molecule has 0 fully saturated rings. The van der Waals surface area contributed by atoms with Gasteiger partial charge in [-0.1, -0.05) is 13.3 Å². The Balaban J connectivity index is 2.33. The van der Waals surface area contributed by atoms with Crippen molar-refractivity contribution >= 4 is 0 Å². The summed E-state index contributed by atoms with van der Waals surface area (Å²) in [6.07, 6.45) is 5.79. The molecule has 2 atom stereocenters. The van der Waals surface area contributed by atoms with Gasteiger partial charge in [-0.2, -0.15) is 0 Å². The van der Waals surface area contributed by atoms with Gasteiger partial charge in [0.1, 0.15) is 0 Å². The van der Waals surface area contributed by atoms with Crippen molar-refractivity contribution in [3.63, 3.8) is 0 Å². The lowest BCUT2D eigenvalue weighted by molar-refractivity contribution is 0.0829. The Morgan fingerprint density at radius 3 is 2.88 bits per heavy atom. The summed E-state index contributed by atoms with van der Waals surface area (Å²) in [7, 11) is 0. The molecule has 0 aromatic carbocycles. The van der Waals surface area contributed by atoms with E-state index >= 15 is 0 Å². The molecule has 0 saturated heterocycles. The number of fused-ring (bicyclic) bond motifs is 1. The van der Waals surface area contributed by atoms with E-state index in [1.807, 2.05) is 0 Å².